The Hall–Kier alpha value is -2.93. The lowest BCUT2D eigenvalue weighted by Gasteiger charge is -2.40. The van der Waals surface area contributed by atoms with Crippen LogP contribution in [0.3, 0.4) is 0 Å². The second kappa shape index (κ2) is 9.85. The highest BCUT2D eigenvalue weighted by atomic mass is 16.7. The smallest absolute Gasteiger partial charge is 0.480 e. The normalized spacial score (nSPS) is 22.2. The van der Waals surface area contributed by atoms with Gasteiger partial charge in [0.25, 0.3) is 0 Å². The van der Waals surface area contributed by atoms with Gasteiger partial charge in [0, 0.05) is 30.9 Å². The summed E-state index contributed by atoms with van der Waals surface area (Å²) in [6.45, 7) is 14.9. The fourth-order valence-corrected chi connectivity index (χ4v) is 3.83. The predicted octanol–water partition coefficient (Wildman–Crippen LogP) is 0.791. The Balaban J connectivity index is 1.66. The van der Waals surface area contributed by atoms with Gasteiger partial charge in [-0.1, -0.05) is 0 Å². The first-order valence-corrected chi connectivity index (χ1v) is 12.0. The first-order chi connectivity index (χ1) is 16.5. The minimum absolute atomic E-state index is 0.00390. The Labute approximate surface area is 211 Å². The number of carboxylic acid groups (broad SMARTS) is 1. The van der Waals surface area contributed by atoms with Gasteiger partial charge in [-0.2, -0.15) is 0 Å². The Morgan fingerprint density at radius 3 is 2.19 bits per heavy atom. The number of aliphatic carboxylic acids is 1. The van der Waals surface area contributed by atoms with E-state index >= 15 is 0 Å². The first-order valence-electron chi connectivity index (χ1n) is 12.0. The molecule has 2 fully saturated rings. The summed E-state index contributed by atoms with van der Waals surface area (Å²) in [4.78, 5) is 48.8. The fourth-order valence-electron chi connectivity index (χ4n) is 3.83. The van der Waals surface area contributed by atoms with Gasteiger partial charge < -0.3 is 34.3 Å². The van der Waals surface area contributed by atoms with Crippen molar-refractivity contribution in [2.24, 2.45) is 0 Å². The fraction of sp³-hybridized carbons (Fsp3) is 0.696. The molecular formula is C23H36BN5O7. The maximum atomic E-state index is 13.0. The molecular weight excluding hydrogens is 469 g/mol. The molecule has 36 heavy (non-hydrogen) atoms. The number of rotatable bonds is 5. The number of hydrogen-bond donors (Lipinski definition) is 2. The van der Waals surface area contributed by atoms with E-state index < -0.39 is 54.0 Å². The number of piperazine rings is 1. The summed E-state index contributed by atoms with van der Waals surface area (Å²) >= 11 is 0. The molecule has 2 aliphatic heterocycles. The molecule has 2 N–H and O–H groups in total. The number of ether oxygens (including phenoxy) is 1. The van der Waals surface area contributed by atoms with Crippen LogP contribution in [0.4, 0.5) is 10.7 Å². The molecule has 0 bridgehead atoms. The van der Waals surface area contributed by atoms with E-state index in [-0.39, 0.29) is 13.1 Å². The number of alkyl carbamates (subject to hydrolysis) is 1. The Morgan fingerprint density at radius 1 is 1.14 bits per heavy atom. The zero-order valence-corrected chi connectivity index (χ0v) is 22.2. The molecule has 198 valence electrons. The summed E-state index contributed by atoms with van der Waals surface area (Å²) in [6, 6.07) is -2.09. The number of carbonyl (C=O) groups is 3. The Bertz CT molecular complexity index is 980. The lowest BCUT2D eigenvalue weighted by molar-refractivity contribution is -0.151. The Morgan fingerprint density at radius 2 is 1.69 bits per heavy atom. The van der Waals surface area contributed by atoms with Crippen molar-refractivity contribution in [2.75, 3.05) is 24.5 Å². The van der Waals surface area contributed by atoms with Crippen molar-refractivity contribution in [2.45, 2.75) is 84.3 Å². The third-order valence-corrected chi connectivity index (χ3v) is 6.52. The minimum atomic E-state index is -1.16. The van der Waals surface area contributed by atoms with E-state index in [1.807, 2.05) is 27.7 Å². The predicted molar refractivity (Wildman–Crippen MR) is 132 cm³/mol. The molecule has 0 spiro atoms. The standard InChI is InChI=1S/C23H36BN5O7/c1-14(27-20(33)34-21(2,3)4)17(30)29-10-9-28(13-16(29)18(31)32)19-25-11-15(12-26-19)24-35-22(5,6)23(7,8)36-24/h11-12,14,16H,9-10,13H2,1-8H3,(H,27,33)(H,31,32)/t14-,16+/m1/s1. The van der Waals surface area contributed by atoms with Crippen LogP contribution < -0.4 is 15.7 Å². The molecule has 13 heteroatoms. The van der Waals surface area contributed by atoms with Crippen LogP contribution in [0.25, 0.3) is 0 Å². The van der Waals surface area contributed by atoms with Crippen molar-refractivity contribution in [3.8, 4) is 0 Å². The van der Waals surface area contributed by atoms with Gasteiger partial charge in [0.1, 0.15) is 17.7 Å². The molecule has 0 unspecified atom stereocenters. The summed E-state index contributed by atoms with van der Waals surface area (Å²) in [7, 11) is -0.607. The van der Waals surface area contributed by atoms with Gasteiger partial charge in [-0.15, -0.1) is 0 Å². The molecule has 2 amide bonds. The molecule has 12 nitrogen and oxygen atoms in total. The summed E-state index contributed by atoms with van der Waals surface area (Å²) in [5.74, 6) is -1.33. The molecule has 2 aliphatic rings. The molecule has 0 aliphatic carbocycles. The van der Waals surface area contributed by atoms with Crippen molar-refractivity contribution in [1.82, 2.24) is 20.2 Å². The highest BCUT2D eigenvalue weighted by Crippen LogP contribution is 2.36. The maximum absolute atomic E-state index is 13.0. The molecule has 2 atom stereocenters. The summed E-state index contributed by atoms with van der Waals surface area (Å²) in [5.41, 5.74) is -1.06. The quantitative estimate of drug-likeness (QED) is 0.552. The van der Waals surface area contributed by atoms with Crippen molar-refractivity contribution in [3.63, 3.8) is 0 Å². The third-order valence-electron chi connectivity index (χ3n) is 6.52. The number of carboxylic acids is 1. The highest BCUT2D eigenvalue weighted by molar-refractivity contribution is 6.61. The number of anilines is 1. The average molecular weight is 505 g/mol. The number of aromatic nitrogens is 2. The van der Waals surface area contributed by atoms with Gasteiger partial charge in [-0.3, -0.25) is 4.79 Å². The first kappa shape index (κ1) is 27.7. The summed E-state index contributed by atoms with van der Waals surface area (Å²) in [6.07, 6.45) is 2.46. The van der Waals surface area contributed by atoms with E-state index in [4.69, 9.17) is 14.0 Å². The zero-order valence-electron chi connectivity index (χ0n) is 22.2. The van der Waals surface area contributed by atoms with Crippen molar-refractivity contribution < 1.29 is 33.5 Å². The minimum Gasteiger partial charge on any atom is -0.480 e. The van der Waals surface area contributed by atoms with Crippen molar-refractivity contribution >= 4 is 36.5 Å². The van der Waals surface area contributed by atoms with Crippen LogP contribution in [0.2, 0.25) is 0 Å². The molecule has 1 aromatic rings. The average Bonchev–Trinajstić information content (AvgIpc) is 2.98. The second-order valence-corrected chi connectivity index (χ2v) is 11.1. The number of hydrogen-bond acceptors (Lipinski definition) is 9. The highest BCUT2D eigenvalue weighted by Gasteiger charge is 2.52. The second-order valence-electron chi connectivity index (χ2n) is 11.1. The van der Waals surface area contributed by atoms with Crippen molar-refractivity contribution in [1.29, 1.82) is 0 Å². The van der Waals surface area contributed by atoms with Crippen LogP contribution in [-0.2, 0) is 23.6 Å². The SMILES string of the molecule is C[C@@H](NC(=O)OC(C)(C)C)C(=O)N1CCN(c2ncc(B3OC(C)(C)C(C)(C)O3)cn2)C[C@H]1C(=O)O. The maximum Gasteiger partial charge on any atom is 0.498 e. The third kappa shape index (κ3) is 6.07. The summed E-state index contributed by atoms with van der Waals surface area (Å²) < 4.78 is 17.2. The lowest BCUT2D eigenvalue weighted by atomic mass is 9.81. The number of amides is 2. The van der Waals surface area contributed by atoms with E-state index in [1.165, 1.54) is 11.8 Å². The Kier molecular flexibility index (Phi) is 7.57. The molecule has 3 heterocycles. The molecule has 0 radical (unpaired) electrons. The van der Waals surface area contributed by atoms with E-state index in [0.717, 1.165) is 0 Å². The summed E-state index contributed by atoms with van der Waals surface area (Å²) in [5, 5.41) is 12.3. The van der Waals surface area contributed by atoms with Gasteiger partial charge in [0.05, 0.1) is 17.7 Å². The van der Waals surface area contributed by atoms with Gasteiger partial charge in [0.15, 0.2) is 0 Å². The molecule has 1 aromatic heterocycles. The van der Waals surface area contributed by atoms with Gasteiger partial charge in [-0.25, -0.2) is 19.6 Å². The van der Waals surface area contributed by atoms with Crippen LogP contribution in [0, 0.1) is 0 Å². The van der Waals surface area contributed by atoms with E-state index in [2.05, 4.69) is 15.3 Å². The number of carbonyl (C=O) groups excluding carboxylic acids is 2. The van der Waals surface area contributed by atoms with Crippen LogP contribution in [-0.4, -0.2) is 93.6 Å². The van der Waals surface area contributed by atoms with E-state index in [9.17, 15) is 19.5 Å². The van der Waals surface area contributed by atoms with Gasteiger partial charge in [0.2, 0.25) is 11.9 Å². The monoisotopic (exact) mass is 505 g/mol. The van der Waals surface area contributed by atoms with Crippen molar-refractivity contribution in [3.05, 3.63) is 12.4 Å². The van der Waals surface area contributed by atoms with Crippen LogP contribution in [0.5, 0.6) is 0 Å². The number of nitrogens with one attached hydrogen (secondary N) is 1. The lowest BCUT2D eigenvalue weighted by Crippen LogP contribution is -2.62. The van der Waals surface area contributed by atoms with Crippen LogP contribution in [0.15, 0.2) is 12.4 Å². The molecule has 0 aromatic carbocycles. The topological polar surface area (TPSA) is 143 Å². The van der Waals surface area contributed by atoms with Crippen LogP contribution in [0.1, 0.15) is 55.4 Å². The molecule has 0 saturated carbocycles. The number of nitrogens with zero attached hydrogens (tertiary/aromatic N) is 4. The van der Waals surface area contributed by atoms with Gasteiger partial charge in [-0.05, 0) is 55.4 Å². The molecule has 3 rings (SSSR count). The largest absolute Gasteiger partial charge is 0.498 e. The van der Waals surface area contributed by atoms with E-state index in [0.29, 0.717) is 18.0 Å². The molecule has 2 saturated heterocycles. The zero-order chi connectivity index (χ0) is 27.1. The van der Waals surface area contributed by atoms with Crippen LogP contribution >= 0.6 is 0 Å². The van der Waals surface area contributed by atoms with Gasteiger partial charge >= 0.3 is 19.2 Å². The van der Waals surface area contributed by atoms with E-state index in [1.54, 1.807) is 38.1 Å².